The van der Waals surface area contributed by atoms with Gasteiger partial charge in [0.2, 0.25) is 0 Å². The van der Waals surface area contributed by atoms with Gasteiger partial charge in [-0.05, 0) is 218 Å². The van der Waals surface area contributed by atoms with Crippen LogP contribution in [-0.2, 0) is 4.79 Å². The van der Waals surface area contributed by atoms with Gasteiger partial charge in [-0.3, -0.25) is 4.79 Å². The van der Waals surface area contributed by atoms with Crippen LogP contribution in [0.25, 0.3) is 44.5 Å². The van der Waals surface area contributed by atoms with Crippen LogP contribution >= 0.6 is 0 Å². The van der Waals surface area contributed by atoms with E-state index in [0.29, 0.717) is 17.4 Å². The monoisotopic (exact) mass is 1090 g/mol. The summed E-state index contributed by atoms with van der Waals surface area (Å²) in [6.07, 6.45) is 26.1. The maximum absolute atomic E-state index is 14.7. The number of hydrogen-bond donors (Lipinski definition) is 0. The predicted molar refractivity (Wildman–Crippen MR) is 344 cm³/mol. The number of carbonyl (C=O) groups is 1. The van der Waals surface area contributed by atoms with Gasteiger partial charge in [0.05, 0.1) is 5.92 Å². The molecule has 0 aromatic heterocycles. The molecule has 2 nitrogen and oxygen atoms in total. The van der Waals surface area contributed by atoms with E-state index in [-0.39, 0.29) is 17.7 Å². The molecule has 0 heterocycles. The first-order chi connectivity index (χ1) is 39.9. The van der Waals surface area contributed by atoms with Crippen molar-refractivity contribution in [3.05, 3.63) is 197 Å². The minimum absolute atomic E-state index is 0.0000393. The fraction of sp³-hybridized carbons (Fsp3) is 0.456. The van der Waals surface area contributed by atoms with Crippen LogP contribution in [0.2, 0.25) is 0 Å². The number of rotatable bonds is 10. The van der Waals surface area contributed by atoms with Crippen molar-refractivity contribution >= 4 is 5.97 Å². The van der Waals surface area contributed by atoms with Crippen molar-refractivity contribution in [1.29, 1.82) is 0 Å². The molecule has 0 bridgehead atoms. The molecule has 5 saturated carbocycles. The highest BCUT2D eigenvalue weighted by Crippen LogP contribution is 2.43. The molecule has 0 aliphatic heterocycles. The molecule has 12 rings (SSSR count). The number of esters is 1. The highest BCUT2D eigenvalue weighted by Gasteiger charge is 2.33. The van der Waals surface area contributed by atoms with Gasteiger partial charge in [-0.25, -0.2) is 4.39 Å². The summed E-state index contributed by atoms with van der Waals surface area (Å²) in [4.78, 5) is 12.7. The molecule has 5 aliphatic rings. The van der Waals surface area contributed by atoms with E-state index < -0.39 is 0 Å². The molecule has 0 unspecified atom stereocenters. The van der Waals surface area contributed by atoms with Gasteiger partial charge < -0.3 is 4.74 Å². The molecule has 0 amide bonds. The summed E-state index contributed by atoms with van der Waals surface area (Å²) in [5, 5.41) is 0. The van der Waals surface area contributed by atoms with Crippen LogP contribution in [0.5, 0.6) is 5.75 Å². The Hall–Kier alpha value is -6.06. The Morgan fingerprint density at radius 3 is 1.01 bits per heavy atom. The van der Waals surface area contributed by atoms with Crippen LogP contribution in [-0.4, -0.2) is 5.97 Å². The lowest BCUT2D eigenvalue weighted by molar-refractivity contribution is -0.140. The Labute approximate surface area is 494 Å². The van der Waals surface area contributed by atoms with Crippen molar-refractivity contribution in [3.63, 3.8) is 0 Å². The van der Waals surface area contributed by atoms with Gasteiger partial charge in [0, 0.05) is 5.56 Å². The van der Waals surface area contributed by atoms with E-state index in [1.165, 1.54) is 166 Å². The van der Waals surface area contributed by atoms with Gasteiger partial charge in [-0.15, -0.1) is 0 Å². The predicted octanol–water partition coefficient (Wildman–Crippen LogP) is 22.9. The SMILES string of the molecule is CC1CCC(c2ccc(OC(=O)C3CCC(C4CCC(C)CC4)CC3)cc2)CC1.Cc1ccc(-c2ccc(-c3ccc(C4CCC(C)CC4)cc3)cc2)cc1.Cc1ccc(-c2ccc(-c3ccc(C4CCC(C)CC4)cc3)cc2F)cc1. The van der Waals surface area contributed by atoms with Crippen LogP contribution in [0.15, 0.2) is 164 Å². The maximum atomic E-state index is 14.7. The zero-order chi connectivity index (χ0) is 57.0. The highest BCUT2D eigenvalue weighted by atomic mass is 19.1. The van der Waals surface area contributed by atoms with Crippen molar-refractivity contribution in [1.82, 2.24) is 0 Å². The average molecular weight is 1100 g/mol. The standard InChI is InChI=1S/C27H40O2.C26H27F.C26H28/c1-19-3-7-21(8-4-19)23-11-13-25(14-12-23)27(28)29-26-17-15-24(16-18-26)22-9-5-20(2)6-10-22;1-18-3-7-20(8-4-18)21-11-13-22(14-12-21)24-15-16-25(26(27)17-24)23-9-5-19(2)6-10-23;1-19-3-7-21(8-4-19)23-11-15-25(16-12-23)26-17-13-24(14-18-26)22-9-5-20(2)6-10-22/h15-23,25H,3-14H2,1-2H3;5-6,9-18,20H,3-4,7-8H2,1-2H3;3-4,7-8,11-18,20,22H,5-6,9-10H2,1-2H3. The third-order valence-corrected chi connectivity index (χ3v) is 20.5. The molecule has 7 aromatic rings. The van der Waals surface area contributed by atoms with Gasteiger partial charge in [0.1, 0.15) is 11.6 Å². The normalized spacial score (nSPS) is 25.5. The lowest BCUT2D eigenvalue weighted by Crippen LogP contribution is -2.29. The molecule has 0 saturated heterocycles. The van der Waals surface area contributed by atoms with Crippen LogP contribution in [0, 0.1) is 61.1 Å². The molecular formula is C79H95FO2. The smallest absolute Gasteiger partial charge is 0.314 e. The summed E-state index contributed by atoms with van der Waals surface area (Å²) in [5.74, 6) is 8.17. The lowest BCUT2D eigenvalue weighted by Gasteiger charge is -2.36. The quantitative estimate of drug-likeness (QED) is 0.101. The van der Waals surface area contributed by atoms with Gasteiger partial charge >= 0.3 is 5.97 Å². The third-order valence-electron chi connectivity index (χ3n) is 20.5. The number of aryl methyl sites for hydroxylation is 2. The summed E-state index contributed by atoms with van der Waals surface area (Å²) in [7, 11) is 0. The molecule has 0 N–H and O–H groups in total. The molecular weight excluding hydrogens is 1000 g/mol. The molecule has 0 atom stereocenters. The summed E-state index contributed by atoms with van der Waals surface area (Å²) >= 11 is 0. The summed E-state index contributed by atoms with van der Waals surface area (Å²) in [5.41, 5.74) is 15.6. The lowest BCUT2D eigenvalue weighted by atomic mass is 9.69. The minimum Gasteiger partial charge on any atom is -0.426 e. The van der Waals surface area contributed by atoms with Crippen molar-refractivity contribution in [3.8, 4) is 50.3 Å². The van der Waals surface area contributed by atoms with Crippen LogP contribution < -0.4 is 4.74 Å². The van der Waals surface area contributed by atoms with Crippen LogP contribution in [0.4, 0.5) is 4.39 Å². The number of halogens is 1. The van der Waals surface area contributed by atoms with Crippen molar-refractivity contribution in [2.24, 2.45) is 41.4 Å². The average Bonchev–Trinajstić information content (AvgIpc) is 3.52. The third kappa shape index (κ3) is 16.0. The summed E-state index contributed by atoms with van der Waals surface area (Å²) < 4.78 is 20.5. The molecule has 3 heteroatoms. The van der Waals surface area contributed by atoms with Crippen molar-refractivity contribution in [2.45, 2.75) is 188 Å². The van der Waals surface area contributed by atoms with Gasteiger partial charge in [-0.1, -0.05) is 236 Å². The molecule has 5 fully saturated rings. The Balaban J connectivity index is 0.000000138. The zero-order valence-electron chi connectivity index (χ0n) is 50.7. The first kappa shape index (κ1) is 59.1. The Morgan fingerprint density at radius 2 is 0.634 bits per heavy atom. The highest BCUT2D eigenvalue weighted by molar-refractivity contribution is 5.75. The number of hydrogen-bond acceptors (Lipinski definition) is 2. The maximum Gasteiger partial charge on any atom is 0.314 e. The number of benzene rings is 7. The Morgan fingerprint density at radius 1 is 0.341 bits per heavy atom. The Bertz CT molecular complexity index is 3040. The second-order valence-corrected chi connectivity index (χ2v) is 26.7. The fourth-order valence-corrected chi connectivity index (χ4v) is 14.5. The van der Waals surface area contributed by atoms with Gasteiger partial charge in [0.25, 0.3) is 0 Å². The molecule has 5 aliphatic carbocycles. The number of ether oxygens (including phenoxy) is 1. The molecule has 0 spiro atoms. The van der Waals surface area contributed by atoms with Crippen molar-refractivity contribution < 1.29 is 13.9 Å². The second kappa shape index (κ2) is 28.5. The first-order valence-electron chi connectivity index (χ1n) is 32.4. The van der Waals surface area contributed by atoms with E-state index in [4.69, 9.17) is 4.74 Å². The van der Waals surface area contributed by atoms with E-state index in [9.17, 15) is 9.18 Å². The largest absolute Gasteiger partial charge is 0.426 e. The van der Waals surface area contributed by atoms with E-state index in [0.717, 1.165) is 76.7 Å². The molecule has 430 valence electrons. The van der Waals surface area contributed by atoms with Crippen LogP contribution in [0.1, 0.15) is 202 Å². The van der Waals surface area contributed by atoms with Crippen molar-refractivity contribution in [2.75, 3.05) is 0 Å². The van der Waals surface area contributed by atoms with Crippen LogP contribution in [0.3, 0.4) is 0 Å². The summed E-state index contributed by atoms with van der Waals surface area (Å²) in [6.45, 7) is 13.7. The zero-order valence-corrected chi connectivity index (χ0v) is 50.7. The Kier molecular flexibility index (Phi) is 20.5. The van der Waals surface area contributed by atoms with E-state index >= 15 is 0 Å². The molecule has 82 heavy (non-hydrogen) atoms. The first-order valence-corrected chi connectivity index (χ1v) is 32.4. The molecule has 0 radical (unpaired) electrons. The van der Waals surface area contributed by atoms with E-state index in [1.54, 1.807) is 6.07 Å². The summed E-state index contributed by atoms with van der Waals surface area (Å²) in [6, 6.07) is 57.7. The van der Waals surface area contributed by atoms with Gasteiger partial charge in [-0.2, -0.15) is 0 Å². The topological polar surface area (TPSA) is 26.3 Å². The van der Waals surface area contributed by atoms with E-state index in [2.05, 4.69) is 144 Å². The second-order valence-electron chi connectivity index (χ2n) is 26.7. The number of carbonyl (C=O) groups excluding carboxylic acids is 1. The van der Waals surface area contributed by atoms with E-state index in [1.807, 2.05) is 55.5 Å². The molecule has 7 aromatic carbocycles. The minimum atomic E-state index is -0.165. The van der Waals surface area contributed by atoms with Gasteiger partial charge in [0.15, 0.2) is 0 Å². The fourth-order valence-electron chi connectivity index (χ4n) is 14.5.